The van der Waals surface area contributed by atoms with Crippen LogP contribution in [0.15, 0.2) is 47.4 Å². The van der Waals surface area contributed by atoms with E-state index in [1.165, 1.54) is 29.5 Å². The fraction of sp³-hybridized carbons (Fsp3) is 0.263. The molecule has 0 radical (unpaired) electrons. The van der Waals surface area contributed by atoms with Crippen molar-refractivity contribution in [2.75, 3.05) is 38.3 Å². The van der Waals surface area contributed by atoms with E-state index in [0.29, 0.717) is 18.2 Å². The summed E-state index contributed by atoms with van der Waals surface area (Å²) < 4.78 is 1.00. The number of fused-ring (bicyclic) bond motifs is 1. The van der Waals surface area contributed by atoms with Crippen LogP contribution in [0.5, 0.6) is 0 Å². The summed E-state index contributed by atoms with van der Waals surface area (Å²) in [7, 11) is 3.86. The Labute approximate surface area is 183 Å². The van der Waals surface area contributed by atoms with Crippen LogP contribution in [0.1, 0.15) is 10.4 Å². The van der Waals surface area contributed by atoms with Crippen LogP contribution >= 0.6 is 35.5 Å². The van der Waals surface area contributed by atoms with Crippen LogP contribution in [-0.4, -0.2) is 54.2 Å². The lowest BCUT2D eigenvalue weighted by Gasteiger charge is -2.22. The first-order valence-electron chi connectivity index (χ1n) is 8.55. The molecule has 0 unspecified atom stereocenters. The van der Waals surface area contributed by atoms with E-state index in [-0.39, 0.29) is 29.6 Å². The quantitative estimate of drug-likeness (QED) is 0.297. The molecule has 29 heavy (non-hydrogen) atoms. The van der Waals surface area contributed by atoms with E-state index in [2.05, 4.69) is 0 Å². The maximum atomic E-state index is 13.2. The molecule has 0 saturated carbocycles. The van der Waals surface area contributed by atoms with E-state index in [1.807, 2.05) is 43.5 Å². The summed E-state index contributed by atoms with van der Waals surface area (Å²) in [5.74, 6) is -0.296. The standard InChI is InChI=1S/C19H20N4O3S2.ClH/c1-21(2)10-11-22(18(24)13-6-4-7-14(12-13)23(25)26)19-20-17-15(27-3)8-5-9-16(17)28-19;/h4-9,12H,10-11H2,1-3H3;1H. The van der Waals surface area contributed by atoms with Gasteiger partial charge in [0.15, 0.2) is 5.13 Å². The Hall–Kier alpha value is -2.20. The summed E-state index contributed by atoms with van der Waals surface area (Å²) in [6.45, 7) is 1.08. The van der Waals surface area contributed by atoms with Crippen LogP contribution in [0.2, 0.25) is 0 Å². The van der Waals surface area contributed by atoms with Gasteiger partial charge in [0.1, 0.15) is 0 Å². The molecule has 0 aliphatic heterocycles. The van der Waals surface area contributed by atoms with Gasteiger partial charge in [-0.2, -0.15) is 0 Å². The van der Waals surface area contributed by atoms with Crippen molar-refractivity contribution in [3.8, 4) is 0 Å². The molecule has 0 atom stereocenters. The highest BCUT2D eigenvalue weighted by molar-refractivity contribution is 7.98. The number of nitro groups is 1. The Kier molecular flexibility index (Phi) is 7.97. The summed E-state index contributed by atoms with van der Waals surface area (Å²) in [5.41, 5.74) is 1.04. The van der Waals surface area contributed by atoms with Crippen LogP contribution < -0.4 is 4.90 Å². The van der Waals surface area contributed by atoms with Gasteiger partial charge in [0.25, 0.3) is 11.6 Å². The van der Waals surface area contributed by atoms with Gasteiger partial charge in [0, 0.05) is 35.7 Å². The molecule has 0 aliphatic carbocycles. The number of anilines is 1. The zero-order valence-electron chi connectivity index (χ0n) is 16.2. The number of benzene rings is 2. The van der Waals surface area contributed by atoms with Crippen molar-refractivity contribution in [3.63, 3.8) is 0 Å². The monoisotopic (exact) mass is 452 g/mol. The predicted octanol–water partition coefficient (Wildman–Crippen LogP) is 4.56. The van der Waals surface area contributed by atoms with Crippen molar-refractivity contribution in [1.29, 1.82) is 0 Å². The molecule has 0 N–H and O–H groups in total. The minimum atomic E-state index is -0.497. The number of amides is 1. The minimum Gasteiger partial charge on any atom is -0.308 e. The average Bonchev–Trinajstić information content (AvgIpc) is 3.11. The number of halogens is 1. The van der Waals surface area contributed by atoms with Crippen LogP contribution in [-0.2, 0) is 0 Å². The second-order valence-corrected chi connectivity index (χ2v) is 8.23. The number of rotatable bonds is 7. The topological polar surface area (TPSA) is 79.6 Å². The number of hydrogen-bond donors (Lipinski definition) is 0. The molecule has 3 rings (SSSR count). The second kappa shape index (κ2) is 10.0. The van der Waals surface area contributed by atoms with Crippen molar-refractivity contribution in [3.05, 3.63) is 58.1 Å². The van der Waals surface area contributed by atoms with Crippen molar-refractivity contribution >= 4 is 62.4 Å². The first-order chi connectivity index (χ1) is 13.4. The number of para-hydroxylation sites is 1. The Bertz CT molecular complexity index is 1030. The first kappa shape index (κ1) is 23.1. The molecular weight excluding hydrogens is 432 g/mol. The maximum absolute atomic E-state index is 13.2. The van der Waals surface area contributed by atoms with E-state index >= 15 is 0 Å². The SMILES string of the molecule is CSc1cccc2sc(N(CCN(C)C)C(=O)c3cccc([N+](=O)[O-])c3)nc12.Cl. The van der Waals surface area contributed by atoms with Gasteiger partial charge in [-0.25, -0.2) is 4.98 Å². The molecule has 1 amide bonds. The molecule has 10 heteroatoms. The van der Waals surface area contributed by atoms with E-state index < -0.39 is 4.92 Å². The van der Waals surface area contributed by atoms with E-state index in [1.54, 1.807) is 22.7 Å². The molecule has 0 fully saturated rings. The van der Waals surface area contributed by atoms with Gasteiger partial charge in [0.2, 0.25) is 0 Å². The Morgan fingerprint density at radius 3 is 2.59 bits per heavy atom. The maximum Gasteiger partial charge on any atom is 0.270 e. The molecule has 3 aromatic rings. The third-order valence-corrected chi connectivity index (χ3v) is 5.95. The average molecular weight is 453 g/mol. The van der Waals surface area contributed by atoms with Crippen molar-refractivity contribution in [1.82, 2.24) is 9.88 Å². The van der Waals surface area contributed by atoms with Gasteiger partial charge in [-0.15, -0.1) is 24.2 Å². The van der Waals surface area contributed by atoms with Gasteiger partial charge in [0.05, 0.1) is 15.1 Å². The number of carbonyl (C=O) groups is 1. The van der Waals surface area contributed by atoms with E-state index in [0.717, 1.165) is 15.1 Å². The van der Waals surface area contributed by atoms with E-state index in [9.17, 15) is 14.9 Å². The van der Waals surface area contributed by atoms with Gasteiger partial charge >= 0.3 is 0 Å². The van der Waals surface area contributed by atoms with Crippen LogP contribution in [0, 0.1) is 10.1 Å². The number of thioether (sulfide) groups is 1. The molecule has 0 bridgehead atoms. The highest BCUT2D eigenvalue weighted by Gasteiger charge is 2.23. The predicted molar refractivity (Wildman–Crippen MR) is 122 cm³/mol. The molecule has 1 aromatic heterocycles. The minimum absolute atomic E-state index is 0. The van der Waals surface area contributed by atoms with Crippen LogP contribution in [0.4, 0.5) is 10.8 Å². The molecule has 0 aliphatic rings. The molecule has 7 nitrogen and oxygen atoms in total. The third kappa shape index (κ3) is 5.24. The molecule has 154 valence electrons. The van der Waals surface area contributed by atoms with Crippen molar-refractivity contribution in [2.24, 2.45) is 0 Å². The summed E-state index contributed by atoms with van der Waals surface area (Å²) in [6, 6.07) is 11.8. The van der Waals surface area contributed by atoms with Gasteiger partial charge in [-0.05, 0) is 38.6 Å². The first-order valence-corrected chi connectivity index (χ1v) is 10.6. The van der Waals surface area contributed by atoms with Crippen molar-refractivity contribution in [2.45, 2.75) is 4.90 Å². The van der Waals surface area contributed by atoms with E-state index in [4.69, 9.17) is 4.98 Å². The third-order valence-electron chi connectivity index (χ3n) is 4.14. The van der Waals surface area contributed by atoms with Crippen LogP contribution in [0.3, 0.4) is 0 Å². The molecular formula is C19H21ClN4O3S2. The smallest absolute Gasteiger partial charge is 0.270 e. The highest BCUT2D eigenvalue weighted by Crippen LogP contribution is 2.34. The summed E-state index contributed by atoms with van der Waals surface area (Å²) >= 11 is 3.06. The molecule has 2 aromatic carbocycles. The lowest BCUT2D eigenvalue weighted by atomic mass is 10.2. The lowest BCUT2D eigenvalue weighted by Crippen LogP contribution is -2.36. The zero-order chi connectivity index (χ0) is 20.3. The molecule has 0 spiro atoms. The summed E-state index contributed by atoms with van der Waals surface area (Å²) in [5, 5.41) is 11.7. The number of carbonyl (C=O) groups excluding carboxylic acids is 1. The number of non-ortho nitro benzene ring substituents is 1. The Balaban J connectivity index is 0.00000300. The highest BCUT2D eigenvalue weighted by atomic mass is 35.5. The Morgan fingerprint density at radius 2 is 1.93 bits per heavy atom. The Morgan fingerprint density at radius 1 is 1.21 bits per heavy atom. The summed E-state index contributed by atoms with van der Waals surface area (Å²) in [4.78, 5) is 33.1. The zero-order valence-corrected chi connectivity index (χ0v) is 18.6. The van der Waals surface area contributed by atoms with Gasteiger partial charge < -0.3 is 4.90 Å². The number of nitro benzene ring substituents is 1. The number of likely N-dealkylation sites (N-methyl/N-ethyl adjacent to an activating group) is 1. The number of hydrogen-bond acceptors (Lipinski definition) is 7. The van der Waals surface area contributed by atoms with Crippen LogP contribution in [0.25, 0.3) is 10.2 Å². The largest absolute Gasteiger partial charge is 0.308 e. The van der Waals surface area contributed by atoms with Gasteiger partial charge in [-0.1, -0.05) is 23.5 Å². The fourth-order valence-electron chi connectivity index (χ4n) is 2.68. The van der Waals surface area contributed by atoms with Gasteiger partial charge in [-0.3, -0.25) is 19.8 Å². The summed E-state index contributed by atoms with van der Waals surface area (Å²) in [6.07, 6.45) is 1.99. The normalized spacial score (nSPS) is 10.8. The number of aromatic nitrogens is 1. The number of thiazole rings is 1. The van der Waals surface area contributed by atoms with Crippen molar-refractivity contribution < 1.29 is 9.72 Å². The lowest BCUT2D eigenvalue weighted by molar-refractivity contribution is -0.384. The fourth-order valence-corrected chi connectivity index (χ4v) is 4.33. The molecule has 1 heterocycles. The second-order valence-electron chi connectivity index (χ2n) is 6.37. The number of nitrogens with zero attached hydrogens (tertiary/aromatic N) is 4. The molecule has 0 saturated heterocycles.